The fraction of sp³-hybridized carbons (Fsp3) is 0.750. The van der Waals surface area contributed by atoms with Crippen molar-refractivity contribution in [1.82, 2.24) is 25.2 Å². The molecule has 1 aliphatic rings. The first-order chi connectivity index (χ1) is 12.0. The molecule has 1 amide bonds. The van der Waals surface area contributed by atoms with Gasteiger partial charge in [-0.3, -0.25) is 9.59 Å². The molecular weight excluding hydrogens is 322 g/mol. The predicted molar refractivity (Wildman–Crippen MR) is 93.6 cm³/mol. The van der Waals surface area contributed by atoms with Crippen molar-refractivity contribution in [2.24, 2.45) is 11.5 Å². The molecule has 0 unspecified atom stereocenters. The molecule has 1 fully saturated rings. The van der Waals surface area contributed by atoms with Gasteiger partial charge in [0.15, 0.2) is 0 Å². The van der Waals surface area contributed by atoms with E-state index in [-0.39, 0.29) is 18.1 Å². The van der Waals surface area contributed by atoms with Gasteiger partial charge in [0, 0.05) is 32.6 Å². The molecule has 9 heteroatoms. The third-order valence-corrected chi connectivity index (χ3v) is 4.38. The Labute approximate surface area is 148 Å². The molecule has 25 heavy (non-hydrogen) atoms. The van der Waals surface area contributed by atoms with E-state index < -0.39 is 12.1 Å². The van der Waals surface area contributed by atoms with Crippen LogP contribution in [0.1, 0.15) is 50.4 Å². The highest BCUT2D eigenvalue weighted by molar-refractivity contribution is 5.80. The minimum absolute atomic E-state index is 0.00145. The molecule has 5 N–H and O–H groups in total. The molecule has 1 aromatic rings. The minimum Gasteiger partial charge on any atom is -0.338 e. The zero-order chi connectivity index (χ0) is 18.2. The largest absolute Gasteiger partial charge is 0.338 e. The molecule has 2 heterocycles. The van der Waals surface area contributed by atoms with Gasteiger partial charge in [-0.25, -0.2) is 4.68 Å². The van der Waals surface area contributed by atoms with Crippen LogP contribution in [-0.2, 0) is 9.59 Å². The van der Waals surface area contributed by atoms with Crippen LogP contribution < -0.4 is 16.8 Å². The Morgan fingerprint density at radius 1 is 1.32 bits per heavy atom. The number of hydrogen-bond acceptors (Lipinski definition) is 7. The fourth-order valence-electron chi connectivity index (χ4n) is 2.97. The lowest BCUT2D eigenvalue weighted by molar-refractivity contribution is -0.136. The normalized spacial score (nSPS) is 17.3. The van der Waals surface area contributed by atoms with Gasteiger partial charge in [-0.2, -0.15) is 0 Å². The second-order valence-electron chi connectivity index (χ2n) is 6.51. The van der Waals surface area contributed by atoms with E-state index in [9.17, 15) is 9.59 Å². The van der Waals surface area contributed by atoms with E-state index in [1.807, 2.05) is 4.90 Å². The Morgan fingerprint density at radius 3 is 2.68 bits per heavy atom. The van der Waals surface area contributed by atoms with E-state index in [0.29, 0.717) is 31.7 Å². The summed E-state index contributed by atoms with van der Waals surface area (Å²) in [6.45, 7) is 5.07. The number of hydrogen-bond donors (Lipinski definition) is 3. The average Bonchev–Trinajstić information content (AvgIpc) is 3.08. The summed E-state index contributed by atoms with van der Waals surface area (Å²) in [5.41, 5.74) is 12.1. The van der Waals surface area contributed by atoms with Crippen LogP contribution in [0, 0.1) is 0 Å². The van der Waals surface area contributed by atoms with Crippen LogP contribution in [0.25, 0.3) is 0 Å². The van der Waals surface area contributed by atoms with Gasteiger partial charge in [0.2, 0.25) is 5.91 Å². The van der Waals surface area contributed by atoms with E-state index in [0.717, 1.165) is 25.9 Å². The van der Waals surface area contributed by atoms with Crippen molar-refractivity contribution in [2.45, 2.75) is 44.7 Å². The molecule has 1 aromatic heterocycles. The van der Waals surface area contributed by atoms with Crippen LogP contribution in [0.3, 0.4) is 0 Å². The van der Waals surface area contributed by atoms with Gasteiger partial charge in [0.05, 0.1) is 17.9 Å². The molecule has 0 radical (unpaired) electrons. The summed E-state index contributed by atoms with van der Waals surface area (Å²) < 4.78 is 1.59. The number of piperazine rings is 1. The Balaban J connectivity index is 2.12. The summed E-state index contributed by atoms with van der Waals surface area (Å²) in [4.78, 5) is 26.0. The van der Waals surface area contributed by atoms with Gasteiger partial charge in [-0.15, -0.1) is 5.10 Å². The summed E-state index contributed by atoms with van der Waals surface area (Å²) >= 11 is 0. The Hall–Kier alpha value is -1.84. The number of carbonyl (C=O) groups is 2. The number of nitrogens with one attached hydrogen (secondary N) is 1. The van der Waals surface area contributed by atoms with Gasteiger partial charge in [0.25, 0.3) is 0 Å². The second-order valence-corrected chi connectivity index (χ2v) is 6.51. The zero-order valence-electron chi connectivity index (χ0n) is 14.9. The number of nitrogens with two attached hydrogens (primary N) is 2. The number of amides is 1. The number of nitrogens with zero attached hydrogens (tertiary/aromatic N) is 4. The maximum Gasteiger partial charge on any atom is 0.247 e. The number of unbranched alkanes of at least 4 members (excludes halogenated alkanes) is 1. The molecule has 0 aromatic carbocycles. The monoisotopic (exact) mass is 351 g/mol. The van der Waals surface area contributed by atoms with Crippen LogP contribution in [0.5, 0.6) is 0 Å². The number of aromatic nitrogens is 3. The van der Waals surface area contributed by atoms with E-state index >= 15 is 0 Å². The number of rotatable bonds is 9. The van der Waals surface area contributed by atoms with E-state index in [1.54, 1.807) is 10.9 Å². The molecule has 1 saturated heterocycles. The van der Waals surface area contributed by atoms with Gasteiger partial charge in [0.1, 0.15) is 11.8 Å². The summed E-state index contributed by atoms with van der Waals surface area (Å²) in [5.74, 6) is 0.0496. The maximum atomic E-state index is 12.9. The van der Waals surface area contributed by atoms with Crippen molar-refractivity contribution in [1.29, 1.82) is 0 Å². The Bertz CT molecular complexity index is 569. The lowest BCUT2D eigenvalue weighted by atomic mass is 10.1. The molecule has 2 atom stereocenters. The summed E-state index contributed by atoms with van der Waals surface area (Å²) in [6, 6.07) is -0.902. The average molecular weight is 351 g/mol. The lowest BCUT2D eigenvalue weighted by Gasteiger charge is -2.30. The molecule has 0 bridgehead atoms. The molecular formula is C16H29N7O2. The Morgan fingerprint density at radius 2 is 2.04 bits per heavy atom. The van der Waals surface area contributed by atoms with Crippen molar-refractivity contribution in [3.63, 3.8) is 0 Å². The number of carbonyl (C=O) groups excluding carboxylic acids is 2. The third kappa shape index (κ3) is 5.58. The topological polar surface area (TPSA) is 132 Å². The SMILES string of the molecule is CC(=O)C[C@H](N)c1cn([C@@H](CCCCN)C(=O)N2CCNCC2)nn1. The van der Waals surface area contributed by atoms with E-state index in [2.05, 4.69) is 15.6 Å². The molecule has 0 saturated carbocycles. The number of Topliss-reactive ketones (excluding diaryl/α,β-unsaturated/α-hetero) is 1. The van der Waals surface area contributed by atoms with Crippen molar-refractivity contribution < 1.29 is 9.59 Å². The smallest absolute Gasteiger partial charge is 0.247 e. The molecule has 0 spiro atoms. The first-order valence-corrected chi connectivity index (χ1v) is 8.89. The van der Waals surface area contributed by atoms with Crippen LogP contribution in [-0.4, -0.2) is 64.3 Å². The molecule has 1 aliphatic heterocycles. The summed E-state index contributed by atoms with van der Waals surface area (Å²) in [6.07, 6.45) is 4.26. The minimum atomic E-state index is -0.495. The van der Waals surface area contributed by atoms with Crippen LogP contribution in [0.4, 0.5) is 0 Å². The molecule has 9 nitrogen and oxygen atoms in total. The highest BCUT2D eigenvalue weighted by atomic mass is 16.2. The van der Waals surface area contributed by atoms with Gasteiger partial charge < -0.3 is 21.7 Å². The Kier molecular flexibility index (Phi) is 7.48. The summed E-state index contributed by atoms with van der Waals surface area (Å²) in [7, 11) is 0. The quantitative estimate of drug-likeness (QED) is 0.504. The lowest BCUT2D eigenvalue weighted by Crippen LogP contribution is -2.48. The van der Waals surface area contributed by atoms with Gasteiger partial charge in [-0.05, 0) is 32.7 Å². The van der Waals surface area contributed by atoms with Crippen LogP contribution in [0.15, 0.2) is 6.20 Å². The predicted octanol–water partition coefficient (Wildman–Crippen LogP) is -0.641. The van der Waals surface area contributed by atoms with Gasteiger partial charge in [-0.1, -0.05) is 5.21 Å². The summed E-state index contributed by atoms with van der Waals surface area (Å²) in [5, 5.41) is 11.4. The molecule has 0 aliphatic carbocycles. The van der Waals surface area contributed by atoms with E-state index in [1.165, 1.54) is 6.92 Å². The number of ketones is 1. The van der Waals surface area contributed by atoms with Crippen molar-refractivity contribution >= 4 is 11.7 Å². The second kappa shape index (κ2) is 9.59. The van der Waals surface area contributed by atoms with Crippen molar-refractivity contribution in [2.75, 3.05) is 32.7 Å². The van der Waals surface area contributed by atoms with Gasteiger partial charge >= 0.3 is 0 Å². The van der Waals surface area contributed by atoms with Crippen molar-refractivity contribution in [3.8, 4) is 0 Å². The first-order valence-electron chi connectivity index (χ1n) is 8.89. The van der Waals surface area contributed by atoms with Crippen LogP contribution in [0.2, 0.25) is 0 Å². The fourth-order valence-corrected chi connectivity index (χ4v) is 2.97. The third-order valence-electron chi connectivity index (χ3n) is 4.38. The maximum absolute atomic E-state index is 12.9. The highest BCUT2D eigenvalue weighted by Crippen LogP contribution is 2.20. The van der Waals surface area contributed by atoms with E-state index in [4.69, 9.17) is 11.5 Å². The standard InChI is InChI=1S/C16H29N7O2/c1-12(24)10-13(18)14-11-23(21-20-14)15(4-2-3-5-17)16(25)22-8-6-19-7-9-22/h11,13,15,19H,2-10,17-18H2,1H3/t13-,15-/m0/s1. The van der Waals surface area contributed by atoms with Crippen LogP contribution >= 0.6 is 0 Å². The first kappa shape index (κ1) is 19.5. The highest BCUT2D eigenvalue weighted by Gasteiger charge is 2.28. The zero-order valence-corrected chi connectivity index (χ0v) is 14.9. The molecule has 140 valence electrons. The van der Waals surface area contributed by atoms with Crippen molar-refractivity contribution in [3.05, 3.63) is 11.9 Å². The molecule has 2 rings (SSSR count).